The number of carboxylic acid groups (broad SMARTS) is 1. The van der Waals surface area contributed by atoms with Gasteiger partial charge in [0.15, 0.2) is 0 Å². The number of amides is 4. The van der Waals surface area contributed by atoms with Gasteiger partial charge >= 0.3 is 5.97 Å². The molecule has 0 radical (unpaired) electrons. The zero-order chi connectivity index (χ0) is 26.3. The second-order valence-corrected chi connectivity index (χ2v) is 9.16. The normalized spacial score (nSPS) is 15.3. The van der Waals surface area contributed by atoms with Gasteiger partial charge in [0.25, 0.3) is 0 Å². The Bertz CT molecular complexity index is 695. The molecule has 0 aromatic rings. The van der Waals surface area contributed by atoms with E-state index >= 15 is 0 Å². The van der Waals surface area contributed by atoms with Gasteiger partial charge in [-0.05, 0) is 50.2 Å². The Morgan fingerprint density at radius 1 is 0.941 bits per heavy atom. The number of carbonyl (C=O) groups is 5. The second kappa shape index (κ2) is 17.1. The largest absolute Gasteiger partial charge is 0.480 e. The number of nitrogens with two attached hydrogens (primary N) is 3. The fourth-order valence-corrected chi connectivity index (χ4v) is 3.53. The lowest BCUT2D eigenvalue weighted by atomic mass is 9.98. The van der Waals surface area contributed by atoms with Crippen LogP contribution in [0.1, 0.15) is 52.4 Å². The van der Waals surface area contributed by atoms with Crippen LogP contribution in [0.2, 0.25) is 0 Å². The van der Waals surface area contributed by atoms with Crippen LogP contribution < -0.4 is 33.2 Å². The molecule has 0 aromatic heterocycles. The molecular formula is C21H40N6O6S. The third-order valence-corrected chi connectivity index (χ3v) is 6.01. The number of rotatable bonds is 18. The number of nitrogens with one attached hydrogen (secondary N) is 3. The molecule has 0 spiro atoms. The van der Waals surface area contributed by atoms with Crippen molar-refractivity contribution in [1.29, 1.82) is 0 Å². The van der Waals surface area contributed by atoms with Gasteiger partial charge in [0.05, 0.1) is 12.5 Å². The Labute approximate surface area is 204 Å². The first-order valence-electron chi connectivity index (χ1n) is 11.3. The van der Waals surface area contributed by atoms with Crippen molar-refractivity contribution in [1.82, 2.24) is 16.0 Å². The Kier molecular flexibility index (Phi) is 15.9. The highest BCUT2D eigenvalue weighted by atomic mass is 32.2. The van der Waals surface area contributed by atoms with E-state index in [0.717, 1.165) is 0 Å². The van der Waals surface area contributed by atoms with E-state index in [1.165, 1.54) is 11.8 Å². The van der Waals surface area contributed by atoms with Crippen molar-refractivity contribution in [2.24, 2.45) is 23.1 Å². The van der Waals surface area contributed by atoms with Gasteiger partial charge in [-0.15, -0.1) is 0 Å². The number of thioether (sulfide) groups is 1. The maximum Gasteiger partial charge on any atom is 0.326 e. The van der Waals surface area contributed by atoms with Crippen LogP contribution in [0.3, 0.4) is 0 Å². The first kappa shape index (κ1) is 31.6. The van der Waals surface area contributed by atoms with Gasteiger partial charge in [0.2, 0.25) is 23.6 Å². The molecule has 0 aliphatic rings. The predicted octanol–water partition coefficient (Wildman–Crippen LogP) is -1.34. The molecule has 0 heterocycles. The first-order valence-corrected chi connectivity index (χ1v) is 12.7. The Hall–Kier alpha value is -2.38. The van der Waals surface area contributed by atoms with Crippen LogP contribution in [-0.4, -0.2) is 77.4 Å². The van der Waals surface area contributed by atoms with E-state index in [0.29, 0.717) is 38.0 Å². The van der Waals surface area contributed by atoms with Crippen LogP contribution in [-0.2, 0) is 24.0 Å². The lowest BCUT2D eigenvalue weighted by molar-refractivity contribution is -0.144. The predicted molar refractivity (Wildman–Crippen MR) is 131 cm³/mol. The van der Waals surface area contributed by atoms with Crippen LogP contribution in [0.15, 0.2) is 0 Å². The minimum atomic E-state index is -1.41. The van der Waals surface area contributed by atoms with Crippen molar-refractivity contribution in [2.75, 3.05) is 18.6 Å². The molecule has 0 saturated heterocycles. The highest BCUT2D eigenvalue weighted by Crippen LogP contribution is 2.09. The van der Waals surface area contributed by atoms with Crippen LogP contribution in [0.4, 0.5) is 0 Å². The summed E-state index contributed by atoms with van der Waals surface area (Å²) in [6.07, 6.45) is 3.61. The quantitative estimate of drug-likeness (QED) is 0.110. The molecule has 0 rings (SSSR count). The van der Waals surface area contributed by atoms with Crippen LogP contribution in [0, 0.1) is 5.92 Å². The van der Waals surface area contributed by atoms with E-state index in [1.54, 1.807) is 13.8 Å². The fraction of sp³-hybridized carbons (Fsp3) is 0.762. The zero-order valence-electron chi connectivity index (χ0n) is 20.2. The van der Waals surface area contributed by atoms with Crippen molar-refractivity contribution < 1.29 is 29.1 Å². The molecule has 4 amide bonds. The Morgan fingerprint density at radius 2 is 1.53 bits per heavy atom. The van der Waals surface area contributed by atoms with Gasteiger partial charge in [-0.25, -0.2) is 4.79 Å². The summed E-state index contributed by atoms with van der Waals surface area (Å²) in [7, 11) is 0. The van der Waals surface area contributed by atoms with Crippen molar-refractivity contribution in [3.8, 4) is 0 Å². The summed E-state index contributed by atoms with van der Waals surface area (Å²) in [5, 5.41) is 16.8. The van der Waals surface area contributed by atoms with Gasteiger partial charge in [0, 0.05) is 0 Å². The molecule has 5 unspecified atom stereocenters. The average molecular weight is 505 g/mol. The maximum absolute atomic E-state index is 13.0. The number of hydrogen-bond acceptors (Lipinski definition) is 8. The van der Waals surface area contributed by atoms with Gasteiger partial charge in [-0.1, -0.05) is 20.3 Å². The summed E-state index contributed by atoms with van der Waals surface area (Å²) < 4.78 is 0. The van der Waals surface area contributed by atoms with Crippen LogP contribution in [0.5, 0.6) is 0 Å². The molecule has 0 aliphatic heterocycles. The Morgan fingerprint density at radius 3 is 2.03 bits per heavy atom. The van der Waals surface area contributed by atoms with E-state index in [9.17, 15) is 29.1 Å². The monoisotopic (exact) mass is 504 g/mol. The number of carbonyl (C=O) groups excluding carboxylic acids is 4. The van der Waals surface area contributed by atoms with E-state index in [1.807, 2.05) is 6.26 Å². The number of hydrogen-bond donors (Lipinski definition) is 7. The van der Waals surface area contributed by atoms with Crippen LogP contribution >= 0.6 is 11.8 Å². The Balaban J connectivity index is 5.52. The van der Waals surface area contributed by atoms with E-state index in [-0.39, 0.29) is 6.42 Å². The molecule has 12 nitrogen and oxygen atoms in total. The molecule has 0 saturated carbocycles. The van der Waals surface area contributed by atoms with Crippen molar-refractivity contribution in [3.05, 3.63) is 0 Å². The van der Waals surface area contributed by atoms with Crippen LogP contribution in [0.25, 0.3) is 0 Å². The molecule has 0 fully saturated rings. The minimum Gasteiger partial charge on any atom is -0.480 e. The summed E-state index contributed by atoms with van der Waals surface area (Å²) in [6.45, 7) is 3.83. The molecule has 5 atom stereocenters. The fourth-order valence-electron chi connectivity index (χ4n) is 3.04. The zero-order valence-corrected chi connectivity index (χ0v) is 21.0. The average Bonchev–Trinajstić information content (AvgIpc) is 2.78. The van der Waals surface area contributed by atoms with E-state index < -0.39 is 66.1 Å². The summed E-state index contributed by atoms with van der Waals surface area (Å²) in [5.41, 5.74) is 16.6. The molecule has 0 bridgehead atoms. The minimum absolute atomic E-state index is 0.236. The molecule has 196 valence electrons. The van der Waals surface area contributed by atoms with Gasteiger partial charge < -0.3 is 38.3 Å². The topological polar surface area (TPSA) is 220 Å². The summed E-state index contributed by atoms with van der Waals surface area (Å²) in [6, 6.07) is -4.45. The third kappa shape index (κ3) is 12.2. The number of unbranched alkanes of at least 4 members (excludes halogenated alkanes) is 1. The van der Waals surface area contributed by atoms with E-state index in [4.69, 9.17) is 17.2 Å². The lowest BCUT2D eigenvalue weighted by Crippen LogP contribution is -2.58. The molecule has 0 aliphatic carbocycles. The van der Waals surface area contributed by atoms with Gasteiger partial charge in [-0.3, -0.25) is 19.2 Å². The lowest BCUT2D eigenvalue weighted by Gasteiger charge is -2.26. The van der Waals surface area contributed by atoms with Gasteiger partial charge in [-0.2, -0.15) is 11.8 Å². The van der Waals surface area contributed by atoms with E-state index in [2.05, 4.69) is 16.0 Å². The van der Waals surface area contributed by atoms with Crippen molar-refractivity contribution in [3.63, 3.8) is 0 Å². The summed E-state index contributed by atoms with van der Waals surface area (Å²) in [5.74, 6) is -3.90. The first-order chi connectivity index (χ1) is 16.0. The molecule has 10 N–H and O–H groups in total. The number of aliphatic carboxylic acids is 1. The summed E-state index contributed by atoms with van der Waals surface area (Å²) >= 11 is 1.53. The number of carboxylic acids is 1. The molecule has 0 aromatic carbocycles. The smallest absolute Gasteiger partial charge is 0.326 e. The maximum atomic E-state index is 13.0. The highest BCUT2D eigenvalue weighted by molar-refractivity contribution is 7.98. The third-order valence-electron chi connectivity index (χ3n) is 5.36. The van der Waals surface area contributed by atoms with Gasteiger partial charge in [0.1, 0.15) is 18.1 Å². The van der Waals surface area contributed by atoms with Crippen molar-refractivity contribution in [2.45, 2.75) is 76.5 Å². The SMILES string of the molecule is CCC(C)C(NC(=O)C(CC(N)=O)NC(=O)C(CCCCN)NC(=O)C(N)CCSC)C(=O)O. The molecule has 34 heavy (non-hydrogen) atoms. The van der Waals surface area contributed by atoms with Crippen molar-refractivity contribution >= 4 is 41.4 Å². The highest BCUT2D eigenvalue weighted by Gasteiger charge is 2.32. The molecule has 13 heteroatoms. The molecular weight excluding hydrogens is 464 g/mol. The standard InChI is InChI=1S/C21H40N6O6S/c1-4-12(2)17(21(32)33)27-20(31)15(11-16(24)28)26-19(30)14(7-5-6-9-22)25-18(29)13(23)8-10-34-3/h12-15,17H,4-11,22-23H2,1-3H3,(H2,24,28)(H,25,29)(H,26,30)(H,27,31)(H,32,33). The summed E-state index contributed by atoms with van der Waals surface area (Å²) in [4.78, 5) is 61.3. The number of primary amides is 1. The second-order valence-electron chi connectivity index (χ2n) is 8.18.